The van der Waals surface area contributed by atoms with Gasteiger partial charge in [-0.15, -0.1) is 0 Å². The fraction of sp³-hybridized carbons (Fsp3) is 0.381. The molecule has 1 saturated heterocycles. The summed E-state index contributed by atoms with van der Waals surface area (Å²) in [5.74, 6) is 0.659. The van der Waals surface area contributed by atoms with Crippen molar-refractivity contribution in [3.8, 4) is 5.75 Å². The third-order valence-corrected chi connectivity index (χ3v) is 5.23. The summed E-state index contributed by atoms with van der Waals surface area (Å²) in [6.45, 7) is 6.42. The summed E-state index contributed by atoms with van der Waals surface area (Å²) in [5, 5.41) is 3.75. The molecule has 1 heterocycles. The highest BCUT2D eigenvalue weighted by Gasteiger charge is 2.26. The van der Waals surface area contributed by atoms with Crippen LogP contribution in [0.25, 0.3) is 0 Å². The quantitative estimate of drug-likeness (QED) is 0.824. The second kappa shape index (κ2) is 9.22. The number of piperazine rings is 1. The predicted octanol–water partition coefficient (Wildman–Crippen LogP) is 3.49. The van der Waals surface area contributed by atoms with Crippen molar-refractivity contribution < 1.29 is 9.53 Å². The number of nitrogens with zero attached hydrogens (tertiary/aromatic N) is 2. The third kappa shape index (κ3) is 5.22. The lowest BCUT2D eigenvalue weighted by Gasteiger charge is -2.37. The van der Waals surface area contributed by atoms with E-state index in [9.17, 15) is 4.79 Å². The number of carbonyl (C=O) groups excluding carboxylic acids is 1. The van der Waals surface area contributed by atoms with E-state index in [2.05, 4.69) is 21.2 Å². The zero-order valence-corrected chi connectivity index (χ0v) is 16.6. The summed E-state index contributed by atoms with van der Waals surface area (Å²) in [5.41, 5.74) is 1.93. The molecule has 3 rings (SSSR count). The van der Waals surface area contributed by atoms with Crippen LogP contribution < -0.4 is 10.1 Å². The lowest BCUT2D eigenvalue weighted by atomic mass is 10.1. The average molecular weight is 388 g/mol. The van der Waals surface area contributed by atoms with Gasteiger partial charge in [0.25, 0.3) is 0 Å². The smallest absolute Gasteiger partial charge is 0.241 e. The molecule has 1 atom stereocenters. The first-order chi connectivity index (χ1) is 13.1. The van der Waals surface area contributed by atoms with Crippen molar-refractivity contribution in [1.29, 1.82) is 0 Å². The molecule has 2 aromatic rings. The van der Waals surface area contributed by atoms with E-state index >= 15 is 0 Å². The Balaban J connectivity index is 1.51. The van der Waals surface area contributed by atoms with Gasteiger partial charge < -0.3 is 10.1 Å². The number of halogens is 1. The number of ether oxygens (including phenoxy) is 1. The first kappa shape index (κ1) is 19.7. The molecule has 6 heteroatoms. The van der Waals surface area contributed by atoms with Gasteiger partial charge in [-0.25, -0.2) is 0 Å². The van der Waals surface area contributed by atoms with E-state index in [-0.39, 0.29) is 11.9 Å². The molecule has 0 saturated carbocycles. The number of methoxy groups -OCH3 is 1. The number of hydrogen-bond donors (Lipinski definition) is 1. The van der Waals surface area contributed by atoms with Gasteiger partial charge in [0.2, 0.25) is 5.91 Å². The Bertz CT molecular complexity index is 776. The van der Waals surface area contributed by atoms with Gasteiger partial charge >= 0.3 is 0 Å². The molecule has 1 amide bonds. The Morgan fingerprint density at radius 3 is 2.59 bits per heavy atom. The average Bonchev–Trinajstić information content (AvgIpc) is 2.68. The molecule has 5 nitrogen and oxygen atoms in total. The van der Waals surface area contributed by atoms with Gasteiger partial charge in [-0.2, -0.15) is 0 Å². The van der Waals surface area contributed by atoms with Gasteiger partial charge in [-0.1, -0.05) is 35.9 Å². The van der Waals surface area contributed by atoms with Crippen molar-refractivity contribution in [2.45, 2.75) is 19.5 Å². The van der Waals surface area contributed by atoms with Crippen LogP contribution in [0.3, 0.4) is 0 Å². The summed E-state index contributed by atoms with van der Waals surface area (Å²) in [7, 11) is 1.60. The SMILES string of the molecule is COc1ccccc1NC(=O)[C@H](C)N1CCN(Cc2cccc(Cl)c2)CC1. The van der Waals surface area contributed by atoms with Crippen molar-refractivity contribution in [3.05, 3.63) is 59.1 Å². The summed E-state index contributed by atoms with van der Waals surface area (Å²) < 4.78 is 5.31. The summed E-state index contributed by atoms with van der Waals surface area (Å²) in [6.07, 6.45) is 0. The lowest BCUT2D eigenvalue weighted by Crippen LogP contribution is -2.52. The molecule has 2 aromatic carbocycles. The van der Waals surface area contributed by atoms with Crippen LogP contribution >= 0.6 is 11.6 Å². The molecule has 1 aliphatic rings. The fourth-order valence-electron chi connectivity index (χ4n) is 3.35. The molecule has 144 valence electrons. The van der Waals surface area contributed by atoms with Crippen LogP contribution in [-0.4, -0.2) is 55.0 Å². The Morgan fingerprint density at radius 2 is 1.89 bits per heavy atom. The lowest BCUT2D eigenvalue weighted by molar-refractivity contribution is -0.121. The molecule has 1 aliphatic heterocycles. The predicted molar refractivity (Wildman–Crippen MR) is 109 cm³/mol. The number of nitrogens with one attached hydrogen (secondary N) is 1. The van der Waals surface area contributed by atoms with Crippen molar-refractivity contribution in [3.63, 3.8) is 0 Å². The van der Waals surface area contributed by atoms with Crippen LogP contribution in [0.4, 0.5) is 5.69 Å². The maximum Gasteiger partial charge on any atom is 0.241 e. The summed E-state index contributed by atoms with van der Waals surface area (Å²) in [4.78, 5) is 17.3. The van der Waals surface area contributed by atoms with E-state index in [1.165, 1.54) is 5.56 Å². The molecular formula is C21H26ClN3O2. The molecule has 0 unspecified atom stereocenters. The topological polar surface area (TPSA) is 44.8 Å². The van der Waals surface area contributed by atoms with Gasteiger partial charge in [0, 0.05) is 37.7 Å². The van der Waals surface area contributed by atoms with Crippen LogP contribution in [0.1, 0.15) is 12.5 Å². The molecule has 1 N–H and O–H groups in total. The highest BCUT2D eigenvalue weighted by molar-refractivity contribution is 6.30. The molecule has 1 fully saturated rings. The van der Waals surface area contributed by atoms with Gasteiger partial charge in [0.1, 0.15) is 5.75 Å². The number of hydrogen-bond acceptors (Lipinski definition) is 4. The minimum atomic E-state index is -0.191. The second-order valence-corrected chi connectivity index (χ2v) is 7.24. The maximum atomic E-state index is 12.7. The van der Waals surface area contributed by atoms with Crippen LogP contribution in [-0.2, 0) is 11.3 Å². The highest BCUT2D eigenvalue weighted by atomic mass is 35.5. The Hall–Kier alpha value is -2.08. The Labute approximate surface area is 165 Å². The zero-order chi connectivity index (χ0) is 19.2. The Kier molecular flexibility index (Phi) is 6.72. The molecule has 0 aliphatic carbocycles. The van der Waals surface area contributed by atoms with Crippen molar-refractivity contribution >= 4 is 23.2 Å². The fourth-order valence-corrected chi connectivity index (χ4v) is 3.57. The normalized spacial score (nSPS) is 16.7. The summed E-state index contributed by atoms with van der Waals surface area (Å²) in [6, 6.07) is 15.3. The van der Waals surface area contributed by atoms with Crippen LogP contribution in [0.5, 0.6) is 5.75 Å². The zero-order valence-electron chi connectivity index (χ0n) is 15.8. The van der Waals surface area contributed by atoms with Gasteiger partial charge in [0.05, 0.1) is 18.8 Å². The molecule has 0 radical (unpaired) electrons. The van der Waals surface area contributed by atoms with Gasteiger partial charge in [0.15, 0.2) is 0 Å². The largest absolute Gasteiger partial charge is 0.495 e. The van der Waals surface area contributed by atoms with E-state index in [4.69, 9.17) is 16.3 Å². The minimum absolute atomic E-state index is 0.0113. The minimum Gasteiger partial charge on any atom is -0.495 e. The third-order valence-electron chi connectivity index (χ3n) is 4.99. The number of rotatable bonds is 6. The molecular weight excluding hydrogens is 362 g/mol. The monoisotopic (exact) mass is 387 g/mol. The van der Waals surface area contributed by atoms with Crippen LogP contribution in [0.2, 0.25) is 5.02 Å². The number of anilines is 1. The second-order valence-electron chi connectivity index (χ2n) is 6.81. The van der Waals surface area contributed by atoms with Crippen molar-refractivity contribution in [1.82, 2.24) is 9.80 Å². The first-order valence-electron chi connectivity index (χ1n) is 9.21. The number of amides is 1. The highest BCUT2D eigenvalue weighted by Crippen LogP contribution is 2.23. The molecule has 27 heavy (non-hydrogen) atoms. The molecule has 0 aromatic heterocycles. The number of benzene rings is 2. The number of para-hydroxylation sites is 2. The maximum absolute atomic E-state index is 12.7. The van der Waals surface area contributed by atoms with Crippen LogP contribution in [0.15, 0.2) is 48.5 Å². The van der Waals surface area contributed by atoms with E-state index in [0.29, 0.717) is 11.4 Å². The molecule has 0 spiro atoms. The molecule has 0 bridgehead atoms. The van der Waals surface area contributed by atoms with Gasteiger partial charge in [-0.05, 0) is 36.8 Å². The van der Waals surface area contributed by atoms with E-state index in [0.717, 1.165) is 37.7 Å². The van der Waals surface area contributed by atoms with Crippen LogP contribution in [0, 0.1) is 0 Å². The van der Waals surface area contributed by atoms with Crippen molar-refractivity contribution in [2.24, 2.45) is 0 Å². The van der Waals surface area contributed by atoms with Gasteiger partial charge in [-0.3, -0.25) is 14.6 Å². The van der Waals surface area contributed by atoms with E-state index in [1.54, 1.807) is 7.11 Å². The Morgan fingerprint density at radius 1 is 1.15 bits per heavy atom. The van der Waals surface area contributed by atoms with E-state index in [1.807, 2.05) is 49.4 Å². The van der Waals surface area contributed by atoms with Crippen molar-refractivity contribution in [2.75, 3.05) is 38.6 Å². The first-order valence-corrected chi connectivity index (χ1v) is 9.59. The number of carbonyl (C=O) groups is 1. The standard InChI is InChI=1S/C21H26ClN3O2/c1-16(21(26)23-19-8-3-4-9-20(19)27-2)25-12-10-24(11-13-25)15-17-6-5-7-18(22)14-17/h3-9,14,16H,10-13,15H2,1-2H3,(H,23,26)/t16-/m0/s1. The van der Waals surface area contributed by atoms with E-state index < -0.39 is 0 Å². The summed E-state index contributed by atoms with van der Waals surface area (Å²) >= 11 is 6.07.